The lowest BCUT2D eigenvalue weighted by Gasteiger charge is -2.10. The van der Waals surface area contributed by atoms with E-state index >= 15 is 0 Å². The van der Waals surface area contributed by atoms with Gasteiger partial charge in [0.2, 0.25) is 0 Å². The van der Waals surface area contributed by atoms with Crippen LogP contribution in [0.5, 0.6) is 0 Å². The van der Waals surface area contributed by atoms with Crippen molar-refractivity contribution in [3.8, 4) is 6.07 Å². The lowest BCUT2D eigenvalue weighted by Crippen LogP contribution is -2.09. The molecular formula is C10H7BrF2N2O2. The number of nitriles is 1. The SMILES string of the molecule is N#Cc1c(CC(=O)O)ncc(CBr)c1C(F)F. The number of nitrogens with zero attached hydrogens (tertiary/aromatic N) is 2. The van der Waals surface area contributed by atoms with Crippen molar-refractivity contribution in [1.82, 2.24) is 4.98 Å². The topological polar surface area (TPSA) is 74.0 Å². The summed E-state index contributed by atoms with van der Waals surface area (Å²) in [4.78, 5) is 14.3. The Morgan fingerprint density at radius 2 is 2.29 bits per heavy atom. The van der Waals surface area contributed by atoms with Crippen LogP contribution in [0.1, 0.15) is 28.8 Å². The van der Waals surface area contributed by atoms with Gasteiger partial charge in [-0.05, 0) is 5.56 Å². The summed E-state index contributed by atoms with van der Waals surface area (Å²) in [7, 11) is 0. The molecule has 1 aromatic heterocycles. The predicted molar refractivity (Wildman–Crippen MR) is 57.9 cm³/mol. The molecule has 0 aliphatic heterocycles. The van der Waals surface area contributed by atoms with Gasteiger partial charge in [0.1, 0.15) is 6.07 Å². The van der Waals surface area contributed by atoms with Gasteiger partial charge in [0.05, 0.1) is 17.7 Å². The molecular weight excluding hydrogens is 298 g/mol. The van der Waals surface area contributed by atoms with Crippen molar-refractivity contribution in [3.63, 3.8) is 0 Å². The van der Waals surface area contributed by atoms with E-state index in [9.17, 15) is 13.6 Å². The van der Waals surface area contributed by atoms with Crippen molar-refractivity contribution in [2.75, 3.05) is 0 Å². The quantitative estimate of drug-likeness (QED) is 0.867. The molecule has 0 bridgehead atoms. The first-order valence-electron chi connectivity index (χ1n) is 4.47. The van der Waals surface area contributed by atoms with Gasteiger partial charge in [-0.25, -0.2) is 8.78 Å². The Kier molecular flexibility index (Phi) is 4.52. The largest absolute Gasteiger partial charge is 0.481 e. The molecule has 0 aromatic carbocycles. The van der Waals surface area contributed by atoms with E-state index in [-0.39, 0.29) is 22.2 Å². The van der Waals surface area contributed by atoms with Crippen LogP contribution in [-0.4, -0.2) is 16.1 Å². The van der Waals surface area contributed by atoms with Crippen molar-refractivity contribution in [3.05, 3.63) is 28.6 Å². The van der Waals surface area contributed by atoms with E-state index in [4.69, 9.17) is 10.4 Å². The third kappa shape index (κ3) is 2.97. The van der Waals surface area contributed by atoms with E-state index in [0.717, 1.165) is 6.20 Å². The third-order valence-electron chi connectivity index (χ3n) is 2.07. The summed E-state index contributed by atoms with van der Waals surface area (Å²) in [5.74, 6) is -1.22. The molecule has 0 radical (unpaired) electrons. The Labute approximate surface area is 104 Å². The molecule has 4 nitrogen and oxygen atoms in total. The zero-order chi connectivity index (χ0) is 13.0. The summed E-state index contributed by atoms with van der Waals surface area (Å²) in [6, 6.07) is 1.60. The van der Waals surface area contributed by atoms with E-state index in [1.54, 1.807) is 6.07 Å². The number of halogens is 3. The van der Waals surface area contributed by atoms with E-state index in [2.05, 4.69) is 20.9 Å². The Bertz CT molecular complexity index is 486. The first-order chi connectivity index (χ1) is 8.01. The molecule has 0 atom stereocenters. The van der Waals surface area contributed by atoms with Crippen LogP contribution in [0.15, 0.2) is 6.20 Å². The van der Waals surface area contributed by atoms with Gasteiger partial charge in [0.15, 0.2) is 0 Å². The molecule has 0 amide bonds. The van der Waals surface area contributed by atoms with Gasteiger partial charge in [0, 0.05) is 17.1 Å². The van der Waals surface area contributed by atoms with Crippen LogP contribution in [-0.2, 0) is 16.5 Å². The molecule has 0 fully saturated rings. The lowest BCUT2D eigenvalue weighted by atomic mass is 10.0. The fourth-order valence-corrected chi connectivity index (χ4v) is 1.81. The van der Waals surface area contributed by atoms with Gasteiger partial charge in [-0.1, -0.05) is 15.9 Å². The average molecular weight is 305 g/mol. The highest BCUT2D eigenvalue weighted by molar-refractivity contribution is 9.08. The fraction of sp³-hybridized carbons (Fsp3) is 0.300. The zero-order valence-corrected chi connectivity index (χ0v) is 10.0. The first-order valence-corrected chi connectivity index (χ1v) is 5.60. The number of aromatic nitrogens is 1. The van der Waals surface area contributed by atoms with Gasteiger partial charge in [-0.3, -0.25) is 9.78 Å². The summed E-state index contributed by atoms with van der Waals surface area (Å²) < 4.78 is 25.7. The molecule has 0 spiro atoms. The third-order valence-corrected chi connectivity index (χ3v) is 2.68. The van der Waals surface area contributed by atoms with Crippen LogP contribution in [0.2, 0.25) is 0 Å². The number of rotatable bonds is 4. The summed E-state index contributed by atoms with van der Waals surface area (Å²) in [5, 5.41) is 17.6. The van der Waals surface area contributed by atoms with Gasteiger partial charge in [0.25, 0.3) is 6.43 Å². The molecule has 0 saturated heterocycles. The highest BCUT2D eigenvalue weighted by Gasteiger charge is 2.22. The number of pyridine rings is 1. The van der Waals surface area contributed by atoms with Gasteiger partial charge >= 0.3 is 5.97 Å². The van der Waals surface area contributed by atoms with Crippen molar-refractivity contribution < 1.29 is 18.7 Å². The standard InChI is InChI=1S/C10H7BrF2N2O2/c11-2-5-4-15-7(1-8(16)17)6(3-14)9(5)10(12)13/h4,10H,1-2H2,(H,16,17). The first kappa shape index (κ1) is 13.5. The molecule has 17 heavy (non-hydrogen) atoms. The molecule has 0 aliphatic rings. The van der Waals surface area contributed by atoms with Crippen LogP contribution < -0.4 is 0 Å². The maximum Gasteiger partial charge on any atom is 0.309 e. The zero-order valence-electron chi connectivity index (χ0n) is 8.45. The molecule has 7 heteroatoms. The maximum absolute atomic E-state index is 12.8. The van der Waals surface area contributed by atoms with E-state index < -0.39 is 24.4 Å². The highest BCUT2D eigenvalue weighted by atomic mass is 79.9. The smallest absolute Gasteiger partial charge is 0.309 e. The molecule has 90 valence electrons. The number of carboxylic acids is 1. The molecule has 1 heterocycles. The number of carboxylic acid groups (broad SMARTS) is 1. The number of alkyl halides is 3. The van der Waals surface area contributed by atoms with E-state index in [0.29, 0.717) is 0 Å². The number of aliphatic carboxylic acids is 1. The molecule has 1 aromatic rings. The Hall–Kier alpha value is -1.55. The maximum atomic E-state index is 12.8. The number of carbonyl (C=O) groups is 1. The summed E-state index contributed by atoms with van der Waals surface area (Å²) in [5.41, 5.74) is -0.749. The van der Waals surface area contributed by atoms with Crippen LogP contribution in [0.3, 0.4) is 0 Å². The molecule has 1 rings (SSSR count). The second kappa shape index (κ2) is 5.68. The number of hydrogen-bond donors (Lipinski definition) is 1. The predicted octanol–water partition coefficient (Wildman–Crippen LogP) is 2.41. The molecule has 0 aliphatic carbocycles. The normalized spacial score (nSPS) is 10.3. The van der Waals surface area contributed by atoms with Crippen LogP contribution in [0.25, 0.3) is 0 Å². The Morgan fingerprint density at radius 1 is 1.65 bits per heavy atom. The van der Waals surface area contributed by atoms with Crippen molar-refractivity contribution >= 4 is 21.9 Å². The molecule has 0 saturated carbocycles. The fourth-order valence-electron chi connectivity index (χ4n) is 1.36. The average Bonchev–Trinajstić information content (AvgIpc) is 2.27. The van der Waals surface area contributed by atoms with Crippen LogP contribution >= 0.6 is 15.9 Å². The lowest BCUT2D eigenvalue weighted by molar-refractivity contribution is -0.136. The second-order valence-electron chi connectivity index (χ2n) is 3.14. The summed E-state index contributed by atoms with van der Waals surface area (Å²) in [6.07, 6.45) is -2.23. The van der Waals surface area contributed by atoms with Gasteiger partial charge < -0.3 is 5.11 Å². The van der Waals surface area contributed by atoms with Crippen molar-refractivity contribution in [1.29, 1.82) is 5.26 Å². The van der Waals surface area contributed by atoms with E-state index in [1.807, 2.05) is 0 Å². The Balaban J connectivity index is 3.42. The van der Waals surface area contributed by atoms with Crippen LogP contribution in [0, 0.1) is 11.3 Å². The molecule has 1 N–H and O–H groups in total. The van der Waals surface area contributed by atoms with Crippen molar-refractivity contribution in [2.45, 2.75) is 18.2 Å². The molecule has 0 unspecified atom stereocenters. The van der Waals surface area contributed by atoms with E-state index in [1.165, 1.54) is 0 Å². The van der Waals surface area contributed by atoms with Crippen LogP contribution in [0.4, 0.5) is 8.78 Å². The van der Waals surface area contributed by atoms with Gasteiger partial charge in [-0.15, -0.1) is 0 Å². The van der Waals surface area contributed by atoms with Crippen molar-refractivity contribution in [2.24, 2.45) is 0 Å². The summed E-state index contributed by atoms with van der Waals surface area (Å²) in [6.45, 7) is 0. The second-order valence-corrected chi connectivity index (χ2v) is 3.70. The minimum absolute atomic E-state index is 0.127. The Morgan fingerprint density at radius 3 is 2.71 bits per heavy atom. The highest BCUT2D eigenvalue weighted by Crippen LogP contribution is 2.29. The minimum Gasteiger partial charge on any atom is -0.481 e. The summed E-state index contributed by atoms with van der Waals surface area (Å²) >= 11 is 3.02. The monoisotopic (exact) mass is 304 g/mol. The van der Waals surface area contributed by atoms with Gasteiger partial charge in [-0.2, -0.15) is 5.26 Å². The number of hydrogen-bond acceptors (Lipinski definition) is 3. The minimum atomic E-state index is -2.84.